The quantitative estimate of drug-likeness (QED) is 0.213. The summed E-state index contributed by atoms with van der Waals surface area (Å²) in [6.07, 6.45) is 0. The van der Waals surface area contributed by atoms with Gasteiger partial charge in [0.05, 0.1) is 22.1 Å². The van der Waals surface area contributed by atoms with Crippen molar-refractivity contribution in [3.05, 3.63) is 115 Å². The van der Waals surface area contributed by atoms with Crippen molar-refractivity contribution in [2.75, 3.05) is 0 Å². The SMILES string of the molecule is c1ccc2c(-c3cc4c5nc6ccccc6nc5n5c6ccc7sc8ccccc8c7c6c(c3)c45)cccc2c1. The molecular formula is C36H19N3S. The molecular weight excluding hydrogens is 506 g/mol. The predicted octanol–water partition coefficient (Wildman–Crippen LogP) is 9.97. The summed E-state index contributed by atoms with van der Waals surface area (Å²) >= 11 is 1.87. The van der Waals surface area contributed by atoms with Crippen molar-refractivity contribution in [1.82, 2.24) is 14.4 Å². The third-order valence-corrected chi connectivity index (χ3v) is 9.62. The Morgan fingerprint density at radius 2 is 1.30 bits per heavy atom. The summed E-state index contributed by atoms with van der Waals surface area (Å²) in [6.45, 7) is 0. The van der Waals surface area contributed by atoms with E-state index in [1.54, 1.807) is 0 Å². The van der Waals surface area contributed by atoms with Gasteiger partial charge in [-0.1, -0.05) is 72.8 Å². The van der Waals surface area contributed by atoms with Gasteiger partial charge >= 0.3 is 0 Å². The summed E-state index contributed by atoms with van der Waals surface area (Å²) in [5, 5.41) is 8.86. The lowest BCUT2D eigenvalue weighted by Gasteiger charge is -2.08. The van der Waals surface area contributed by atoms with Crippen molar-refractivity contribution in [2.24, 2.45) is 0 Å². The maximum absolute atomic E-state index is 5.20. The molecule has 184 valence electrons. The van der Waals surface area contributed by atoms with E-state index in [4.69, 9.17) is 9.97 Å². The van der Waals surface area contributed by atoms with E-state index in [2.05, 4.69) is 108 Å². The van der Waals surface area contributed by atoms with Crippen LogP contribution in [0.1, 0.15) is 0 Å². The van der Waals surface area contributed by atoms with Gasteiger partial charge in [0.2, 0.25) is 0 Å². The van der Waals surface area contributed by atoms with Gasteiger partial charge in [0.15, 0.2) is 5.65 Å². The minimum Gasteiger partial charge on any atom is -0.291 e. The number of nitrogens with zero attached hydrogens (tertiary/aromatic N) is 3. The normalized spacial score (nSPS) is 12.5. The number of thiophene rings is 1. The Bertz CT molecular complexity index is 2650. The van der Waals surface area contributed by atoms with E-state index >= 15 is 0 Å². The van der Waals surface area contributed by atoms with Crippen molar-refractivity contribution in [3.63, 3.8) is 0 Å². The molecule has 4 heteroatoms. The molecule has 4 aromatic heterocycles. The molecule has 0 aliphatic rings. The fraction of sp³-hybridized carbons (Fsp3) is 0. The number of rotatable bonds is 1. The fourth-order valence-electron chi connectivity index (χ4n) is 6.81. The Labute approximate surface area is 231 Å². The van der Waals surface area contributed by atoms with Crippen LogP contribution in [0.4, 0.5) is 0 Å². The first-order valence-corrected chi connectivity index (χ1v) is 14.3. The lowest BCUT2D eigenvalue weighted by molar-refractivity contribution is 1.28. The van der Waals surface area contributed by atoms with Gasteiger partial charge in [0.1, 0.15) is 5.52 Å². The van der Waals surface area contributed by atoms with E-state index in [9.17, 15) is 0 Å². The molecule has 10 aromatic rings. The van der Waals surface area contributed by atoms with Gasteiger partial charge < -0.3 is 0 Å². The van der Waals surface area contributed by atoms with Crippen molar-refractivity contribution in [1.29, 1.82) is 0 Å². The Morgan fingerprint density at radius 1 is 0.550 bits per heavy atom. The van der Waals surface area contributed by atoms with Gasteiger partial charge in [0.25, 0.3) is 0 Å². The highest BCUT2D eigenvalue weighted by Crippen LogP contribution is 2.47. The van der Waals surface area contributed by atoms with Gasteiger partial charge in [-0.25, -0.2) is 9.97 Å². The second-order valence-corrected chi connectivity index (χ2v) is 11.7. The molecule has 0 spiro atoms. The van der Waals surface area contributed by atoms with Crippen LogP contribution < -0.4 is 0 Å². The molecule has 0 aliphatic heterocycles. The van der Waals surface area contributed by atoms with E-state index in [0.717, 1.165) is 27.6 Å². The van der Waals surface area contributed by atoms with Crippen molar-refractivity contribution in [2.45, 2.75) is 0 Å². The summed E-state index contributed by atoms with van der Waals surface area (Å²) in [4.78, 5) is 10.4. The molecule has 0 bridgehead atoms. The Balaban J connectivity index is 1.49. The largest absolute Gasteiger partial charge is 0.291 e. The molecule has 0 radical (unpaired) electrons. The van der Waals surface area contributed by atoms with E-state index in [1.807, 2.05) is 23.5 Å². The van der Waals surface area contributed by atoms with Crippen LogP contribution in [0.3, 0.4) is 0 Å². The topological polar surface area (TPSA) is 30.2 Å². The Morgan fingerprint density at radius 3 is 2.23 bits per heavy atom. The van der Waals surface area contributed by atoms with Crippen molar-refractivity contribution in [3.8, 4) is 11.1 Å². The average Bonchev–Trinajstić information content (AvgIpc) is 3.65. The first-order chi connectivity index (χ1) is 19.8. The maximum Gasteiger partial charge on any atom is 0.165 e. The van der Waals surface area contributed by atoms with Gasteiger partial charge in [-0.05, 0) is 64.4 Å². The van der Waals surface area contributed by atoms with Gasteiger partial charge in [-0.3, -0.25) is 4.40 Å². The third-order valence-electron chi connectivity index (χ3n) is 8.48. The third kappa shape index (κ3) is 2.54. The molecule has 0 amide bonds. The van der Waals surface area contributed by atoms with Crippen LogP contribution in [0.2, 0.25) is 0 Å². The van der Waals surface area contributed by atoms with Crippen molar-refractivity contribution < 1.29 is 0 Å². The van der Waals surface area contributed by atoms with E-state index in [1.165, 1.54) is 63.9 Å². The predicted molar refractivity (Wildman–Crippen MR) is 170 cm³/mol. The molecule has 0 N–H and O–H groups in total. The highest BCUT2D eigenvalue weighted by Gasteiger charge is 2.24. The van der Waals surface area contributed by atoms with Gasteiger partial charge in [-0.2, -0.15) is 0 Å². The highest BCUT2D eigenvalue weighted by atomic mass is 32.1. The van der Waals surface area contributed by atoms with Crippen LogP contribution in [0.5, 0.6) is 0 Å². The molecule has 0 fully saturated rings. The van der Waals surface area contributed by atoms with Crippen LogP contribution in [0.15, 0.2) is 115 Å². The van der Waals surface area contributed by atoms with Crippen LogP contribution >= 0.6 is 11.3 Å². The lowest BCUT2D eigenvalue weighted by Crippen LogP contribution is -1.89. The summed E-state index contributed by atoms with van der Waals surface area (Å²) in [5.41, 5.74) is 8.55. The van der Waals surface area contributed by atoms with Crippen LogP contribution in [0.25, 0.3) is 91.5 Å². The van der Waals surface area contributed by atoms with Gasteiger partial charge in [0, 0.05) is 36.3 Å². The summed E-state index contributed by atoms with van der Waals surface area (Å²) in [7, 11) is 0. The number of benzene rings is 6. The number of hydrogen-bond donors (Lipinski definition) is 0. The average molecular weight is 526 g/mol. The molecule has 0 unspecified atom stereocenters. The molecule has 40 heavy (non-hydrogen) atoms. The summed E-state index contributed by atoms with van der Waals surface area (Å²) in [6, 6.07) is 41.5. The van der Waals surface area contributed by atoms with E-state index in [0.29, 0.717) is 0 Å². The second kappa shape index (κ2) is 7.32. The zero-order valence-corrected chi connectivity index (χ0v) is 22.0. The monoisotopic (exact) mass is 525 g/mol. The summed E-state index contributed by atoms with van der Waals surface area (Å²) in [5.74, 6) is 0. The molecule has 4 heterocycles. The zero-order chi connectivity index (χ0) is 25.9. The molecule has 6 aromatic carbocycles. The molecule has 0 aliphatic carbocycles. The molecule has 0 saturated carbocycles. The highest BCUT2D eigenvalue weighted by molar-refractivity contribution is 7.26. The number of hydrogen-bond acceptors (Lipinski definition) is 3. The summed E-state index contributed by atoms with van der Waals surface area (Å²) < 4.78 is 4.99. The Hall–Kier alpha value is -5.06. The number of fused-ring (bicyclic) bond motifs is 12. The Kier molecular flexibility index (Phi) is 3.81. The fourth-order valence-corrected chi connectivity index (χ4v) is 7.93. The molecule has 0 saturated heterocycles. The molecule has 0 atom stereocenters. The molecule has 3 nitrogen and oxygen atoms in total. The van der Waals surface area contributed by atoms with E-state index < -0.39 is 0 Å². The van der Waals surface area contributed by atoms with Crippen molar-refractivity contribution >= 4 is 91.7 Å². The molecule has 10 rings (SSSR count). The van der Waals surface area contributed by atoms with Gasteiger partial charge in [-0.15, -0.1) is 11.3 Å². The van der Waals surface area contributed by atoms with Crippen LogP contribution in [-0.2, 0) is 0 Å². The number of aromatic nitrogens is 3. The second-order valence-electron chi connectivity index (χ2n) is 10.6. The standard InChI is InChI=1S/C36H19N3S/c1-2-10-22-20(8-1)9-7-12-23(22)21-18-25-32-29(16-17-31-33(32)24-11-3-6-15-30(24)40-31)39-35(25)26(19-21)34-36(39)38-28-14-5-4-13-27(28)37-34/h1-19H. The van der Waals surface area contributed by atoms with Crippen LogP contribution in [0, 0.1) is 0 Å². The lowest BCUT2D eigenvalue weighted by atomic mass is 9.95. The smallest absolute Gasteiger partial charge is 0.165 e. The zero-order valence-electron chi connectivity index (χ0n) is 21.2. The van der Waals surface area contributed by atoms with Crippen LogP contribution in [-0.4, -0.2) is 14.4 Å². The first kappa shape index (κ1) is 20.8. The minimum atomic E-state index is 0.917. The number of para-hydroxylation sites is 2. The van der Waals surface area contributed by atoms with E-state index in [-0.39, 0.29) is 0 Å². The first-order valence-electron chi connectivity index (χ1n) is 13.5. The maximum atomic E-state index is 5.20. The minimum absolute atomic E-state index is 0.917.